The van der Waals surface area contributed by atoms with Gasteiger partial charge in [0.1, 0.15) is 11.7 Å². The normalized spacial score (nSPS) is 26.9. The maximum absolute atomic E-state index is 12.1. The molecule has 0 radical (unpaired) electrons. The molecule has 0 aromatic carbocycles. The Bertz CT molecular complexity index is 176. The molecular weight excluding hydrogens is 173 g/mol. The Labute approximate surface area is 67.7 Å². The Morgan fingerprint density at radius 1 is 1.33 bits per heavy atom. The van der Waals surface area contributed by atoms with E-state index in [2.05, 4.69) is 0 Å². The van der Waals surface area contributed by atoms with Crippen LogP contribution < -0.4 is 0 Å². The second-order valence-electron chi connectivity index (χ2n) is 2.71. The first kappa shape index (κ1) is 9.51. The number of carbonyl (C=O) groups excluding carboxylic acids is 1. The number of ketones is 1. The molecule has 1 rings (SSSR count). The highest BCUT2D eigenvalue weighted by Crippen LogP contribution is 2.31. The summed E-state index contributed by atoms with van der Waals surface area (Å²) in [6, 6.07) is 0. The Morgan fingerprint density at radius 3 is 2.58 bits per heavy atom. The van der Waals surface area contributed by atoms with Gasteiger partial charge in [-0.25, -0.2) is 0 Å². The minimum atomic E-state index is -4.40. The van der Waals surface area contributed by atoms with Crippen molar-refractivity contribution in [3.63, 3.8) is 0 Å². The fourth-order valence-electron chi connectivity index (χ4n) is 1.16. The first-order valence-electron chi connectivity index (χ1n) is 3.69. The van der Waals surface area contributed by atoms with Gasteiger partial charge in [-0.3, -0.25) is 4.79 Å². The molecule has 0 aromatic rings. The standard InChI is InChI=1S/C7H9F3O2/c8-7(9,10)5-1-3-12-4-2-6(5)11/h5H,1-4H2/t5-/m0/s1. The highest BCUT2D eigenvalue weighted by Gasteiger charge is 2.44. The third-order valence-electron chi connectivity index (χ3n) is 1.83. The van der Waals surface area contributed by atoms with Gasteiger partial charge in [-0.15, -0.1) is 0 Å². The van der Waals surface area contributed by atoms with Crippen LogP contribution in [0.2, 0.25) is 0 Å². The van der Waals surface area contributed by atoms with Crippen molar-refractivity contribution in [2.24, 2.45) is 5.92 Å². The van der Waals surface area contributed by atoms with Gasteiger partial charge in [0.05, 0.1) is 6.61 Å². The van der Waals surface area contributed by atoms with E-state index < -0.39 is 17.9 Å². The van der Waals surface area contributed by atoms with Crippen LogP contribution >= 0.6 is 0 Å². The van der Waals surface area contributed by atoms with Crippen molar-refractivity contribution in [2.45, 2.75) is 19.0 Å². The molecule has 1 atom stereocenters. The predicted octanol–water partition coefficient (Wildman–Crippen LogP) is 1.54. The molecule has 2 nitrogen and oxygen atoms in total. The van der Waals surface area contributed by atoms with Gasteiger partial charge in [0.2, 0.25) is 0 Å². The summed E-state index contributed by atoms with van der Waals surface area (Å²) >= 11 is 0. The number of halogens is 3. The Kier molecular flexibility index (Phi) is 2.72. The molecule has 0 saturated carbocycles. The minimum absolute atomic E-state index is 0.0237. The van der Waals surface area contributed by atoms with Crippen LogP contribution in [0.1, 0.15) is 12.8 Å². The molecule has 1 fully saturated rings. The average Bonchev–Trinajstić information content (AvgIpc) is 2.11. The average molecular weight is 182 g/mol. The maximum Gasteiger partial charge on any atom is 0.398 e. The zero-order chi connectivity index (χ0) is 9.19. The van der Waals surface area contributed by atoms with Gasteiger partial charge >= 0.3 is 6.18 Å². The summed E-state index contributed by atoms with van der Waals surface area (Å²) in [5.41, 5.74) is 0. The van der Waals surface area contributed by atoms with E-state index in [1.165, 1.54) is 0 Å². The number of hydrogen-bond donors (Lipinski definition) is 0. The summed E-state index contributed by atoms with van der Waals surface area (Å²) < 4.78 is 41.1. The lowest BCUT2D eigenvalue weighted by molar-refractivity contribution is -0.182. The number of alkyl halides is 3. The zero-order valence-electron chi connectivity index (χ0n) is 6.36. The van der Waals surface area contributed by atoms with Crippen molar-refractivity contribution in [3.8, 4) is 0 Å². The lowest BCUT2D eigenvalue weighted by Crippen LogP contribution is -2.30. The highest BCUT2D eigenvalue weighted by atomic mass is 19.4. The van der Waals surface area contributed by atoms with Crippen LogP contribution in [-0.2, 0) is 9.53 Å². The van der Waals surface area contributed by atoms with E-state index >= 15 is 0 Å². The van der Waals surface area contributed by atoms with Gasteiger partial charge < -0.3 is 4.74 Å². The number of rotatable bonds is 0. The molecule has 12 heavy (non-hydrogen) atoms. The van der Waals surface area contributed by atoms with Crippen molar-refractivity contribution in [1.29, 1.82) is 0 Å². The fourth-order valence-corrected chi connectivity index (χ4v) is 1.16. The quantitative estimate of drug-likeness (QED) is 0.568. The molecule has 0 bridgehead atoms. The molecular formula is C7H9F3O2. The SMILES string of the molecule is O=C1CCOCC[C@@H]1C(F)(F)F. The molecule has 0 amide bonds. The highest BCUT2D eigenvalue weighted by molar-refractivity contribution is 5.82. The lowest BCUT2D eigenvalue weighted by Gasteiger charge is -2.15. The van der Waals surface area contributed by atoms with Gasteiger partial charge in [0, 0.05) is 13.0 Å². The minimum Gasteiger partial charge on any atom is -0.381 e. The Morgan fingerprint density at radius 2 is 2.00 bits per heavy atom. The lowest BCUT2D eigenvalue weighted by atomic mass is 9.99. The molecule has 70 valence electrons. The molecule has 1 saturated heterocycles. The first-order valence-corrected chi connectivity index (χ1v) is 3.69. The van der Waals surface area contributed by atoms with Crippen molar-refractivity contribution in [3.05, 3.63) is 0 Å². The summed E-state index contributed by atoms with van der Waals surface area (Å²) in [6.07, 6.45) is -4.75. The van der Waals surface area contributed by atoms with E-state index in [9.17, 15) is 18.0 Å². The molecule has 1 aliphatic heterocycles. The van der Waals surface area contributed by atoms with Crippen LogP contribution in [0.3, 0.4) is 0 Å². The third kappa shape index (κ3) is 2.20. The Balaban J connectivity index is 2.66. The van der Waals surface area contributed by atoms with Crippen molar-refractivity contribution >= 4 is 5.78 Å². The van der Waals surface area contributed by atoms with Crippen molar-refractivity contribution in [2.75, 3.05) is 13.2 Å². The molecule has 1 aliphatic rings. The van der Waals surface area contributed by atoms with E-state index in [4.69, 9.17) is 4.74 Å². The van der Waals surface area contributed by atoms with Crippen LogP contribution in [0.25, 0.3) is 0 Å². The number of Topliss-reactive ketones (excluding diaryl/α,β-unsaturated/α-hetero) is 1. The number of carbonyl (C=O) groups is 1. The van der Waals surface area contributed by atoms with Gasteiger partial charge in [0.25, 0.3) is 0 Å². The summed E-state index contributed by atoms with van der Waals surface area (Å²) in [7, 11) is 0. The molecule has 5 heteroatoms. The monoisotopic (exact) mass is 182 g/mol. The van der Waals surface area contributed by atoms with Gasteiger partial charge in [-0.05, 0) is 6.42 Å². The maximum atomic E-state index is 12.1. The first-order chi connectivity index (χ1) is 5.52. The van der Waals surface area contributed by atoms with Crippen LogP contribution in [0.4, 0.5) is 13.2 Å². The van der Waals surface area contributed by atoms with Crippen LogP contribution in [-0.4, -0.2) is 25.2 Å². The smallest absolute Gasteiger partial charge is 0.381 e. The summed E-state index contributed by atoms with van der Waals surface area (Å²) in [5, 5.41) is 0. The van der Waals surface area contributed by atoms with Gasteiger partial charge in [-0.2, -0.15) is 13.2 Å². The van der Waals surface area contributed by atoms with Crippen LogP contribution in [0.5, 0.6) is 0 Å². The summed E-state index contributed by atoms with van der Waals surface area (Å²) in [4.78, 5) is 10.9. The van der Waals surface area contributed by atoms with E-state index in [1.54, 1.807) is 0 Å². The van der Waals surface area contributed by atoms with Crippen LogP contribution in [0.15, 0.2) is 0 Å². The van der Waals surface area contributed by atoms with Gasteiger partial charge in [0.15, 0.2) is 0 Å². The molecule has 0 spiro atoms. The van der Waals surface area contributed by atoms with E-state index in [1.807, 2.05) is 0 Å². The fraction of sp³-hybridized carbons (Fsp3) is 0.857. The van der Waals surface area contributed by atoms with Gasteiger partial charge in [-0.1, -0.05) is 0 Å². The molecule has 0 aromatic heterocycles. The largest absolute Gasteiger partial charge is 0.398 e. The molecule has 0 unspecified atom stereocenters. The topological polar surface area (TPSA) is 26.3 Å². The van der Waals surface area contributed by atoms with Crippen molar-refractivity contribution < 1.29 is 22.7 Å². The second-order valence-corrected chi connectivity index (χ2v) is 2.71. The molecule has 0 aliphatic carbocycles. The third-order valence-corrected chi connectivity index (χ3v) is 1.83. The van der Waals surface area contributed by atoms with E-state index in [0.717, 1.165) is 0 Å². The summed E-state index contributed by atoms with van der Waals surface area (Å²) in [6.45, 7) is 0.140. The Hall–Kier alpha value is -0.580. The van der Waals surface area contributed by atoms with E-state index in [-0.39, 0.29) is 26.1 Å². The summed E-state index contributed by atoms with van der Waals surface area (Å²) in [5.74, 6) is -2.56. The number of hydrogen-bond acceptors (Lipinski definition) is 2. The number of ether oxygens (including phenoxy) is 1. The molecule has 1 heterocycles. The molecule has 0 N–H and O–H groups in total. The predicted molar refractivity (Wildman–Crippen MR) is 34.6 cm³/mol. The van der Waals surface area contributed by atoms with Crippen molar-refractivity contribution in [1.82, 2.24) is 0 Å². The second kappa shape index (κ2) is 3.43. The van der Waals surface area contributed by atoms with E-state index in [0.29, 0.717) is 0 Å². The van der Waals surface area contributed by atoms with Crippen LogP contribution in [0, 0.1) is 5.92 Å². The zero-order valence-corrected chi connectivity index (χ0v) is 6.36.